The Kier molecular flexibility index (Phi) is 6.74. The monoisotopic (exact) mass is 475 g/mol. The van der Waals surface area contributed by atoms with E-state index in [1.54, 1.807) is 0 Å². The molecule has 0 aliphatic rings. The van der Waals surface area contributed by atoms with E-state index in [0.29, 0.717) is 0 Å². The summed E-state index contributed by atoms with van der Waals surface area (Å²) in [6.45, 7) is 4.11. The lowest BCUT2D eigenvalue weighted by atomic mass is 10.1. The van der Waals surface area contributed by atoms with Crippen molar-refractivity contribution in [2.24, 2.45) is 0 Å². The fourth-order valence-electron chi connectivity index (χ4n) is 2.87. The number of aryl methyl sites for hydroxylation is 2. The SMILES string of the molecule is CC(=O)Nc1ccc(S(=O)(=O)Nc2cc(C)c(S(=O)(=O)C[N+](=O)[O-])c(C)c2)cc1Cl. The van der Waals surface area contributed by atoms with Gasteiger partial charge in [0.15, 0.2) is 0 Å². The third-order valence-electron chi connectivity index (χ3n) is 3.86. The summed E-state index contributed by atoms with van der Waals surface area (Å²) in [7, 11) is -8.27. The molecule has 0 bridgehead atoms. The van der Waals surface area contributed by atoms with Crippen LogP contribution in [0.1, 0.15) is 18.1 Å². The molecule has 0 saturated heterocycles. The summed E-state index contributed by atoms with van der Waals surface area (Å²) in [5.74, 6) is -1.64. The number of halogens is 1. The minimum absolute atomic E-state index is 0.0154. The van der Waals surface area contributed by atoms with Gasteiger partial charge in [-0.05, 0) is 55.3 Å². The van der Waals surface area contributed by atoms with Crippen molar-refractivity contribution in [2.75, 3.05) is 15.9 Å². The van der Waals surface area contributed by atoms with E-state index in [1.807, 2.05) is 0 Å². The number of hydrogen-bond acceptors (Lipinski definition) is 7. The molecular formula is C17H18ClN3O7S2. The molecule has 2 rings (SSSR count). The van der Waals surface area contributed by atoms with E-state index < -0.39 is 30.7 Å². The first kappa shape index (κ1) is 23.6. The number of sulfone groups is 1. The minimum atomic E-state index is -4.18. The number of nitro groups is 1. The second-order valence-corrected chi connectivity index (χ2v) is 10.4. The number of nitrogens with one attached hydrogen (secondary N) is 2. The third kappa shape index (κ3) is 5.46. The van der Waals surface area contributed by atoms with Crippen LogP contribution in [0.2, 0.25) is 5.02 Å². The van der Waals surface area contributed by atoms with Crippen LogP contribution in [0.15, 0.2) is 40.1 Å². The molecule has 13 heteroatoms. The highest BCUT2D eigenvalue weighted by Gasteiger charge is 2.26. The van der Waals surface area contributed by atoms with E-state index in [0.717, 1.165) is 6.07 Å². The summed E-state index contributed by atoms with van der Waals surface area (Å²) in [6.07, 6.45) is 0. The van der Waals surface area contributed by atoms with Gasteiger partial charge in [-0.1, -0.05) is 11.6 Å². The van der Waals surface area contributed by atoms with E-state index in [9.17, 15) is 31.7 Å². The maximum absolute atomic E-state index is 12.7. The predicted molar refractivity (Wildman–Crippen MR) is 112 cm³/mol. The molecule has 0 fully saturated rings. The first-order chi connectivity index (χ1) is 13.7. The van der Waals surface area contributed by atoms with Crippen molar-refractivity contribution in [2.45, 2.75) is 30.6 Å². The average Bonchev–Trinajstić information content (AvgIpc) is 2.53. The molecule has 0 aliphatic heterocycles. The second-order valence-electron chi connectivity index (χ2n) is 6.44. The van der Waals surface area contributed by atoms with Gasteiger partial charge in [0.25, 0.3) is 10.0 Å². The molecule has 0 aliphatic carbocycles. The summed E-state index contributed by atoms with van der Waals surface area (Å²) >= 11 is 6.02. The molecule has 1 amide bonds. The van der Waals surface area contributed by atoms with Crippen LogP contribution in [0.3, 0.4) is 0 Å². The van der Waals surface area contributed by atoms with Gasteiger partial charge >= 0.3 is 5.88 Å². The van der Waals surface area contributed by atoms with Gasteiger partial charge in [-0.15, -0.1) is 0 Å². The standard InChI is InChI=1S/C17H18ClN3O7S2/c1-10-6-13(7-11(2)17(10)29(25,26)9-21(23)24)20-30(27,28)14-4-5-16(15(18)8-14)19-12(3)22/h4-8,20H,9H2,1-3H3,(H,19,22). The number of sulfonamides is 1. The van der Waals surface area contributed by atoms with Crippen LogP contribution in [0.5, 0.6) is 0 Å². The summed E-state index contributed by atoms with van der Waals surface area (Å²) < 4.78 is 52.1. The van der Waals surface area contributed by atoms with E-state index in [2.05, 4.69) is 10.0 Å². The van der Waals surface area contributed by atoms with E-state index in [-0.39, 0.29) is 43.2 Å². The number of amides is 1. The Morgan fingerprint density at radius 3 is 2.13 bits per heavy atom. The van der Waals surface area contributed by atoms with E-state index >= 15 is 0 Å². The number of nitrogens with zero attached hydrogens (tertiary/aromatic N) is 1. The van der Waals surface area contributed by atoms with Gasteiger partial charge < -0.3 is 5.32 Å². The fourth-order valence-corrected chi connectivity index (χ4v) is 5.74. The summed E-state index contributed by atoms with van der Waals surface area (Å²) in [6, 6.07) is 6.28. The molecule has 0 atom stereocenters. The van der Waals surface area contributed by atoms with Crippen LogP contribution in [-0.4, -0.2) is 33.5 Å². The molecule has 30 heavy (non-hydrogen) atoms. The van der Waals surface area contributed by atoms with Crippen molar-refractivity contribution in [1.82, 2.24) is 0 Å². The Morgan fingerprint density at radius 1 is 1.10 bits per heavy atom. The third-order valence-corrected chi connectivity index (χ3v) is 7.37. The fraction of sp³-hybridized carbons (Fsp3) is 0.235. The van der Waals surface area contributed by atoms with Gasteiger partial charge in [0.2, 0.25) is 15.7 Å². The van der Waals surface area contributed by atoms with Crippen LogP contribution < -0.4 is 10.0 Å². The van der Waals surface area contributed by atoms with Crippen molar-refractivity contribution < 1.29 is 26.6 Å². The van der Waals surface area contributed by atoms with Crippen LogP contribution >= 0.6 is 11.6 Å². The van der Waals surface area contributed by atoms with Gasteiger partial charge in [-0.25, -0.2) is 16.8 Å². The summed E-state index contributed by atoms with van der Waals surface area (Å²) in [5.41, 5.74) is 0.643. The zero-order valence-electron chi connectivity index (χ0n) is 16.1. The van der Waals surface area contributed by atoms with Gasteiger partial charge in [-0.2, -0.15) is 0 Å². The van der Waals surface area contributed by atoms with Crippen LogP contribution in [0, 0.1) is 24.0 Å². The first-order valence-electron chi connectivity index (χ1n) is 8.28. The number of rotatable bonds is 7. The molecule has 0 heterocycles. The zero-order chi connectivity index (χ0) is 22.9. The van der Waals surface area contributed by atoms with Gasteiger partial charge in [0.1, 0.15) is 0 Å². The molecule has 0 aromatic heterocycles. The highest BCUT2D eigenvalue weighted by atomic mass is 35.5. The molecular weight excluding hydrogens is 458 g/mol. The Balaban J connectivity index is 2.39. The highest BCUT2D eigenvalue weighted by molar-refractivity contribution is 7.92. The zero-order valence-corrected chi connectivity index (χ0v) is 18.5. The Bertz CT molecular complexity index is 1220. The van der Waals surface area contributed by atoms with Crippen LogP contribution in [0.25, 0.3) is 0 Å². The molecule has 2 aromatic rings. The Hall–Kier alpha value is -2.70. The quantitative estimate of drug-likeness (QED) is 0.461. The van der Waals surface area contributed by atoms with E-state index in [4.69, 9.17) is 11.6 Å². The predicted octanol–water partition coefficient (Wildman–Crippen LogP) is 2.72. The molecule has 0 spiro atoms. The largest absolute Gasteiger partial charge is 0.325 e. The molecule has 0 radical (unpaired) electrons. The maximum Gasteiger partial charge on any atom is 0.305 e. The van der Waals surface area contributed by atoms with Crippen LogP contribution in [-0.2, 0) is 24.7 Å². The lowest BCUT2D eigenvalue weighted by molar-refractivity contribution is -0.458. The molecule has 2 N–H and O–H groups in total. The van der Waals surface area contributed by atoms with Crippen molar-refractivity contribution in [3.63, 3.8) is 0 Å². The molecule has 162 valence electrons. The smallest absolute Gasteiger partial charge is 0.305 e. The topological polar surface area (TPSA) is 153 Å². The summed E-state index contributed by atoms with van der Waals surface area (Å²) in [4.78, 5) is 20.4. The number of carbonyl (C=O) groups excluding carboxylic acids is 1. The number of hydrogen-bond donors (Lipinski definition) is 2. The minimum Gasteiger partial charge on any atom is -0.325 e. The van der Waals surface area contributed by atoms with Crippen molar-refractivity contribution in [3.8, 4) is 0 Å². The van der Waals surface area contributed by atoms with Gasteiger partial charge in [0, 0.05) is 17.5 Å². The van der Waals surface area contributed by atoms with Crippen molar-refractivity contribution in [3.05, 3.63) is 56.6 Å². The van der Waals surface area contributed by atoms with E-state index in [1.165, 1.54) is 45.0 Å². The Morgan fingerprint density at radius 2 is 1.67 bits per heavy atom. The number of carbonyl (C=O) groups is 1. The lowest BCUT2D eigenvalue weighted by Gasteiger charge is -2.14. The molecule has 10 nitrogen and oxygen atoms in total. The molecule has 0 unspecified atom stereocenters. The molecule has 2 aromatic carbocycles. The average molecular weight is 476 g/mol. The Labute approximate surface area is 178 Å². The maximum atomic E-state index is 12.7. The van der Waals surface area contributed by atoms with Crippen molar-refractivity contribution in [1.29, 1.82) is 0 Å². The number of anilines is 2. The van der Waals surface area contributed by atoms with Gasteiger partial charge in [0.05, 0.1) is 20.5 Å². The summed E-state index contributed by atoms with van der Waals surface area (Å²) in [5, 5.41) is 13.1. The normalized spacial score (nSPS) is 11.7. The van der Waals surface area contributed by atoms with Gasteiger partial charge in [-0.3, -0.25) is 19.6 Å². The molecule has 0 saturated carbocycles. The van der Waals surface area contributed by atoms with Crippen molar-refractivity contribution >= 4 is 48.7 Å². The van der Waals surface area contributed by atoms with Crippen LogP contribution in [0.4, 0.5) is 11.4 Å². The number of benzene rings is 2. The lowest BCUT2D eigenvalue weighted by Crippen LogP contribution is -2.18. The highest BCUT2D eigenvalue weighted by Crippen LogP contribution is 2.29. The second kappa shape index (κ2) is 8.58. The first-order valence-corrected chi connectivity index (χ1v) is 11.8.